The molecule has 0 aromatic heterocycles. The van der Waals surface area contributed by atoms with Gasteiger partial charge in [-0.3, -0.25) is 9.69 Å². The molecule has 2 aromatic rings. The molecule has 1 atom stereocenters. The smallest absolute Gasteiger partial charge is 0.243 e. The number of likely N-dealkylation sites (tertiary alicyclic amines) is 1. The molecular formula is C23H31N3O3S. The third-order valence-corrected chi connectivity index (χ3v) is 8.36. The van der Waals surface area contributed by atoms with E-state index in [4.69, 9.17) is 0 Å². The van der Waals surface area contributed by atoms with Gasteiger partial charge < -0.3 is 4.90 Å². The average Bonchev–Trinajstić information content (AvgIpc) is 2.79. The predicted octanol–water partition coefficient (Wildman–Crippen LogP) is 2.94. The standard InChI is InChI=1S/C23H31N3O3S/c1-2-21-9-5-6-12-26(21)23(27)18-24-13-15-25(16-14-24)30(28,29)22-11-10-19-7-3-4-8-20(19)17-22/h3-4,7-8,10-11,17,21H,2,5-6,9,12-16,18H2,1H3/t21-/m0/s1. The Morgan fingerprint density at radius 2 is 1.70 bits per heavy atom. The first-order chi connectivity index (χ1) is 14.5. The van der Waals surface area contributed by atoms with Crippen LogP contribution in [0.5, 0.6) is 0 Å². The molecule has 2 saturated heterocycles. The highest BCUT2D eigenvalue weighted by molar-refractivity contribution is 7.89. The van der Waals surface area contributed by atoms with Crippen LogP contribution in [0, 0.1) is 0 Å². The summed E-state index contributed by atoms with van der Waals surface area (Å²) in [5.41, 5.74) is 0. The van der Waals surface area contributed by atoms with Crippen LogP contribution in [0.2, 0.25) is 0 Å². The van der Waals surface area contributed by atoms with Gasteiger partial charge in [0.15, 0.2) is 0 Å². The Bertz CT molecular complexity index is 1000. The molecule has 4 rings (SSSR count). The fraction of sp³-hybridized carbons (Fsp3) is 0.522. The molecule has 7 heteroatoms. The summed E-state index contributed by atoms with van der Waals surface area (Å²) in [6, 6.07) is 13.4. The summed E-state index contributed by atoms with van der Waals surface area (Å²) in [4.78, 5) is 17.3. The van der Waals surface area contributed by atoms with Crippen LogP contribution in [0.3, 0.4) is 0 Å². The average molecular weight is 430 g/mol. The topological polar surface area (TPSA) is 60.9 Å². The van der Waals surface area contributed by atoms with Crippen LogP contribution in [0.4, 0.5) is 0 Å². The predicted molar refractivity (Wildman–Crippen MR) is 119 cm³/mol. The normalized spacial score (nSPS) is 21.8. The summed E-state index contributed by atoms with van der Waals surface area (Å²) in [6.45, 7) is 5.40. The number of hydrogen-bond acceptors (Lipinski definition) is 4. The lowest BCUT2D eigenvalue weighted by molar-refractivity contribution is -0.136. The Kier molecular flexibility index (Phi) is 6.41. The first-order valence-corrected chi connectivity index (χ1v) is 12.4. The lowest BCUT2D eigenvalue weighted by Gasteiger charge is -2.38. The van der Waals surface area contributed by atoms with Crippen molar-refractivity contribution in [2.24, 2.45) is 0 Å². The minimum absolute atomic E-state index is 0.187. The number of carbonyl (C=O) groups is 1. The second-order valence-corrected chi connectivity index (χ2v) is 10.3. The van der Waals surface area contributed by atoms with Crippen LogP contribution < -0.4 is 0 Å². The van der Waals surface area contributed by atoms with E-state index in [0.717, 1.165) is 36.6 Å². The van der Waals surface area contributed by atoms with Crippen molar-refractivity contribution in [3.8, 4) is 0 Å². The van der Waals surface area contributed by atoms with E-state index in [-0.39, 0.29) is 5.91 Å². The molecule has 2 aliphatic rings. The fourth-order valence-corrected chi connectivity index (χ4v) is 6.10. The molecule has 0 radical (unpaired) electrons. The molecule has 0 aliphatic carbocycles. The summed E-state index contributed by atoms with van der Waals surface area (Å²) < 4.78 is 27.8. The number of piperazine rings is 1. The summed E-state index contributed by atoms with van der Waals surface area (Å²) in [5, 5.41) is 1.96. The third-order valence-electron chi connectivity index (χ3n) is 6.47. The highest BCUT2D eigenvalue weighted by atomic mass is 32.2. The molecule has 2 fully saturated rings. The zero-order chi connectivity index (χ0) is 21.1. The molecule has 1 amide bonds. The van der Waals surface area contributed by atoms with Gasteiger partial charge in [0.1, 0.15) is 0 Å². The summed E-state index contributed by atoms with van der Waals surface area (Å²) in [6.07, 6.45) is 4.39. The monoisotopic (exact) mass is 429 g/mol. The van der Waals surface area contributed by atoms with Gasteiger partial charge in [0.25, 0.3) is 0 Å². The van der Waals surface area contributed by atoms with Gasteiger partial charge in [-0.15, -0.1) is 0 Å². The SMILES string of the molecule is CC[C@H]1CCCCN1C(=O)CN1CCN(S(=O)(=O)c2ccc3ccccc3c2)CC1. The van der Waals surface area contributed by atoms with Crippen molar-refractivity contribution in [3.63, 3.8) is 0 Å². The van der Waals surface area contributed by atoms with Crippen LogP contribution in [-0.4, -0.2) is 73.7 Å². The maximum absolute atomic E-state index is 13.1. The Morgan fingerprint density at radius 1 is 0.967 bits per heavy atom. The first kappa shape index (κ1) is 21.3. The van der Waals surface area contributed by atoms with E-state index < -0.39 is 10.0 Å². The van der Waals surface area contributed by atoms with E-state index in [1.807, 2.05) is 35.2 Å². The molecular weight excluding hydrogens is 398 g/mol. The van der Waals surface area contributed by atoms with Gasteiger partial charge in [0, 0.05) is 38.8 Å². The summed E-state index contributed by atoms with van der Waals surface area (Å²) in [7, 11) is -3.53. The van der Waals surface area contributed by atoms with Crippen molar-refractivity contribution >= 4 is 26.7 Å². The highest BCUT2D eigenvalue weighted by Gasteiger charge is 2.31. The summed E-state index contributed by atoms with van der Waals surface area (Å²) in [5.74, 6) is 0.187. The maximum Gasteiger partial charge on any atom is 0.243 e. The fourth-order valence-electron chi connectivity index (χ4n) is 4.64. The van der Waals surface area contributed by atoms with Gasteiger partial charge in [0.05, 0.1) is 11.4 Å². The highest BCUT2D eigenvalue weighted by Crippen LogP contribution is 2.23. The van der Waals surface area contributed by atoms with Crippen LogP contribution in [-0.2, 0) is 14.8 Å². The Morgan fingerprint density at radius 3 is 2.43 bits per heavy atom. The number of carbonyl (C=O) groups excluding carboxylic acids is 1. The van der Waals surface area contributed by atoms with Crippen molar-refractivity contribution in [1.82, 2.24) is 14.1 Å². The molecule has 2 aliphatic heterocycles. The summed E-state index contributed by atoms with van der Waals surface area (Å²) >= 11 is 0. The zero-order valence-corrected chi connectivity index (χ0v) is 18.5. The van der Waals surface area contributed by atoms with Gasteiger partial charge in [-0.05, 0) is 48.6 Å². The van der Waals surface area contributed by atoms with Crippen LogP contribution in [0.15, 0.2) is 47.4 Å². The lowest BCUT2D eigenvalue weighted by Crippen LogP contribution is -2.53. The largest absolute Gasteiger partial charge is 0.339 e. The van der Waals surface area contributed by atoms with Crippen molar-refractivity contribution < 1.29 is 13.2 Å². The zero-order valence-electron chi connectivity index (χ0n) is 17.7. The molecule has 2 aromatic carbocycles. The maximum atomic E-state index is 13.1. The minimum atomic E-state index is -3.53. The second-order valence-electron chi connectivity index (χ2n) is 8.33. The van der Waals surface area contributed by atoms with Crippen molar-refractivity contribution in [1.29, 1.82) is 0 Å². The number of amides is 1. The number of benzene rings is 2. The van der Waals surface area contributed by atoms with Crippen LogP contribution in [0.25, 0.3) is 10.8 Å². The van der Waals surface area contributed by atoms with E-state index in [1.165, 1.54) is 6.42 Å². The molecule has 162 valence electrons. The van der Waals surface area contributed by atoms with E-state index in [0.29, 0.717) is 43.7 Å². The van der Waals surface area contributed by atoms with Crippen molar-refractivity contribution in [2.45, 2.75) is 43.5 Å². The van der Waals surface area contributed by atoms with Gasteiger partial charge in [0.2, 0.25) is 15.9 Å². The first-order valence-electron chi connectivity index (χ1n) is 11.0. The molecule has 2 heterocycles. The number of hydrogen-bond donors (Lipinski definition) is 0. The molecule has 0 unspecified atom stereocenters. The molecule has 0 N–H and O–H groups in total. The quantitative estimate of drug-likeness (QED) is 0.733. The van der Waals surface area contributed by atoms with Gasteiger partial charge in [-0.1, -0.05) is 37.3 Å². The Hall–Kier alpha value is -1.96. The van der Waals surface area contributed by atoms with Crippen LogP contribution >= 0.6 is 0 Å². The number of sulfonamides is 1. The van der Waals surface area contributed by atoms with Gasteiger partial charge in [-0.25, -0.2) is 8.42 Å². The van der Waals surface area contributed by atoms with Gasteiger partial charge in [-0.2, -0.15) is 4.31 Å². The van der Waals surface area contributed by atoms with Crippen molar-refractivity contribution in [2.75, 3.05) is 39.3 Å². The molecule has 0 saturated carbocycles. The number of nitrogens with zero attached hydrogens (tertiary/aromatic N) is 3. The Balaban J connectivity index is 1.38. The van der Waals surface area contributed by atoms with Crippen molar-refractivity contribution in [3.05, 3.63) is 42.5 Å². The van der Waals surface area contributed by atoms with E-state index in [9.17, 15) is 13.2 Å². The molecule has 6 nitrogen and oxygen atoms in total. The third kappa shape index (κ3) is 4.38. The number of piperidine rings is 1. The molecule has 30 heavy (non-hydrogen) atoms. The number of fused-ring (bicyclic) bond motifs is 1. The van der Waals surface area contributed by atoms with Crippen LogP contribution in [0.1, 0.15) is 32.6 Å². The molecule has 0 spiro atoms. The second kappa shape index (κ2) is 9.04. The van der Waals surface area contributed by atoms with E-state index in [1.54, 1.807) is 16.4 Å². The minimum Gasteiger partial charge on any atom is -0.339 e. The number of rotatable bonds is 5. The Labute approximate surface area is 179 Å². The lowest BCUT2D eigenvalue weighted by atomic mass is 10.00. The van der Waals surface area contributed by atoms with Gasteiger partial charge >= 0.3 is 0 Å². The molecule has 0 bridgehead atoms. The van der Waals surface area contributed by atoms with E-state index >= 15 is 0 Å². The van der Waals surface area contributed by atoms with E-state index in [2.05, 4.69) is 11.8 Å².